The van der Waals surface area contributed by atoms with Crippen LogP contribution in [0.3, 0.4) is 0 Å². The molecule has 2 rings (SSSR count). The molecule has 0 atom stereocenters. The fourth-order valence-corrected chi connectivity index (χ4v) is 1.88. The van der Waals surface area contributed by atoms with Gasteiger partial charge in [0.05, 0.1) is 5.69 Å². The van der Waals surface area contributed by atoms with Crippen LogP contribution in [0.5, 0.6) is 0 Å². The van der Waals surface area contributed by atoms with Crippen LogP contribution in [-0.2, 0) is 7.05 Å². The average molecular weight is 230 g/mol. The van der Waals surface area contributed by atoms with Crippen molar-refractivity contribution in [2.75, 3.05) is 17.2 Å². The Balaban J connectivity index is 2.39. The molecule has 90 valence electrons. The molecule has 17 heavy (non-hydrogen) atoms. The van der Waals surface area contributed by atoms with Crippen molar-refractivity contribution >= 4 is 17.2 Å². The monoisotopic (exact) mass is 230 g/mol. The van der Waals surface area contributed by atoms with Gasteiger partial charge >= 0.3 is 0 Å². The van der Waals surface area contributed by atoms with Crippen LogP contribution in [0.25, 0.3) is 0 Å². The first kappa shape index (κ1) is 11.5. The molecule has 0 saturated carbocycles. The van der Waals surface area contributed by atoms with Crippen LogP contribution in [-0.4, -0.2) is 16.3 Å². The van der Waals surface area contributed by atoms with Crippen molar-refractivity contribution < 1.29 is 0 Å². The van der Waals surface area contributed by atoms with E-state index in [0.717, 1.165) is 18.1 Å². The first-order chi connectivity index (χ1) is 8.11. The van der Waals surface area contributed by atoms with E-state index in [4.69, 9.17) is 5.73 Å². The van der Waals surface area contributed by atoms with E-state index in [2.05, 4.69) is 48.1 Å². The number of hydrogen-bond donors (Lipinski definition) is 1. The molecule has 1 aromatic heterocycles. The third-order valence-electron chi connectivity index (χ3n) is 2.75. The second-order valence-corrected chi connectivity index (χ2v) is 4.16. The molecule has 0 amide bonds. The molecule has 1 aromatic carbocycles. The van der Waals surface area contributed by atoms with E-state index in [9.17, 15) is 0 Å². The Kier molecular flexibility index (Phi) is 3.04. The third-order valence-corrected chi connectivity index (χ3v) is 2.75. The minimum absolute atomic E-state index is 0.704. The minimum atomic E-state index is 0.704. The summed E-state index contributed by atoms with van der Waals surface area (Å²) in [5.41, 5.74) is 9.03. The van der Waals surface area contributed by atoms with Gasteiger partial charge in [-0.2, -0.15) is 5.10 Å². The van der Waals surface area contributed by atoms with Gasteiger partial charge in [0.2, 0.25) is 0 Å². The number of nitrogens with zero attached hydrogens (tertiary/aromatic N) is 3. The summed E-state index contributed by atoms with van der Waals surface area (Å²) in [4.78, 5) is 2.11. The predicted octanol–water partition coefficient (Wildman–Crippen LogP) is 2.47. The van der Waals surface area contributed by atoms with Crippen LogP contribution in [0.1, 0.15) is 12.5 Å². The number of rotatable bonds is 3. The summed E-state index contributed by atoms with van der Waals surface area (Å²) < 4.78 is 1.74. The molecular formula is C13H18N4. The van der Waals surface area contributed by atoms with Crippen molar-refractivity contribution in [3.63, 3.8) is 0 Å². The van der Waals surface area contributed by atoms with E-state index in [1.165, 1.54) is 5.56 Å². The fraction of sp³-hybridized carbons (Fsp3) is 0.308. The van der Waals surface area contributed by atoms with Crippen molar-refractivity contribution in [3.8, 4) is 0 Å². The molecule has 4 heteroatoms. The highest BCUT2D eigenvalue weighted by Gasteiger charge is 2.13. The lowest BCUT2D eigenvalue weighted by molar-refractivity contribution is 0.760. The van der Waals surface area contributed by atoms with E-state index in [-0.39, 0.29) is 0 Å². The lowest BCUT2D eigenvalue weighted by Crippen LogP contribution is -2.17. The summed E-state index contributed by atoms with van der Waals surface area (Å²) in [5.74, 6) is 0.818. The normalized spacial score (nSPS) is 10.5. The molecule has 0 aliphatic rings. The van der Waals surface area contributed by atoms with Crippen molar-refractivity contribution in [1.29, 1.82) is 0 Å². The first-order valence-electron chi connectivity index (χ1n) is 5.75. The first-order valence-corrected chi connectivity index (χ1v) is 5.75. The van der Waals surface area contributed by atoms with Gasteiger partial charge in [0.25, 0.3) is 0 Å². The Labute approximate surface area is 102 Å². The van der Waals surface area contributed by atoms with Gasteiger partial charge in [-0.15, -0.1) is 0 Å². The minimum Gasteiger partial charge on any atom is -0.394 e. The van der Waals surface area contributed by atoms with Crippen molar-refractivity contribution in [2.45, 2.75) is 13.8 Å². The predicted molar refractivity (Wildman–Crippen MR) is 71.5 cm³/mol. The number of nitrogens with two attached hydrogens (primary N) is 1. The Morgan fingerprint density at radius 3 is 2.41 bits per heavy atom. The molecule has 0 aliphatic heterocycles. The fourth-order valence-electron chi connectivity index (χ4n) is 1.88. The summed E-state index contributed by atoms with van der Waals surface area (Å²) >= 11 is 0. The van der Waals surface area contributed by atoms with Gasteiger partial charge in [-0.3, -0.25) is 4.68 Å². The average Bonchev–Trinajstić information content (AvgIpc) is 2.62. The van der Waals surface area contributed by atoms with Crippen molar-refractivity contribution in [2.24, 2.45) is 7.05 Å². The molecule has 0 saturated heterocycles. The summed E-state index contributed by atoms with van der Waals surface area (Å²) in [6, 6.07) is 8.37. The summed E-state index contributed by atoms with van der Waals surface area (Å²) in [5, 5.41) is 4.40. The van der Waals surface area contributed by atoms with Crippen molar-refractivity contribution in [1.82, 2.24) is 9.78 Å². The highest BCUT2D eigenvalue weighted by atomic mass is 15.3. The Morgan fingerprint density at radius 2 is 1.94 bits per heavy atom. The number of anilines is 3. The lowest BCUT2D eigenvalue weighted by Gasteiger charge is -2.21. The van der Waals surface area contributed by atoms with Gasteiger partial charge in [0.15, 0.2) is 5.82 Å². The third kappa shape index (κ3) is 2.25. The van der Waals surface area contributed by atoms with Gasteiger partial charge < -0.3 is 10.6 Å². The van der Waals surface area contributed by atoms with E-state index < -0.39 is 0 Å². The molecule has 1 heterocycles. The standard InChI is InChI=1S/C13H18N4/c1-4-17(11-7-5-10(2)6-8-11)13-12(14)9-16(3)15-13/h5-9H,4,14H2,1-3H3. The Bertz CT molecular complexity index is 499. The maximum absolute atomic E-state index is 5.96. The smallest absolute Gasteiger partial charge is 0.178 e. The van der Waals surface area contributed by atoms with Gasteiger partial charge in [0, 0.05) is 25.5 Å². The van der Waals surface area contributed by atoms with Crippen LogP contribution in [0, 0.1) is 6.92 Å². The topological polar surface area (TPSA) is 47.1 Å². The molecule has 0 unspecified atom stereocenters. The lowest BCUT2D eigenvalue weighted by atomic mass is 10.2. The SMILES string of the molecule is CCN(c1ccc(C)cc1)c1nn(C)cc1N. The Hall–Kier alpha value is -1.97. The second-order valence-electron chi connectivity index (χ2n) is 4.16. The highest BCUT2D eigenvalue weighted by molar-refractivity contribution is 5.70. The van der Waals surface area contributed by atoms with Crippen LogP contribution >= 0.6 is 0 Å². The molecule has 0 aliphatic carbocycles. The quantitative estimate of drug-likeness (QED) is 0.881. The van der Waals surface area contributed by atoms with Gasteiger partial charge in [0.1, 0.15) is 0 Å². The van der Waals surface area contributed by atoms with Crippen LogP contribution < -0.4 is 10.6 Å². The molecule has 2 N–H and O–H groups in total. The van der Waals surface area contributed by atoms with E-state index in [0.29, 0.717) is 5.69 Å². The molecule has 4 nitrogen and oxygen atoms in total. The maximum Gasteiger partial charge on any atom is 0.178 e. The summed E-state index contributed by atoms with van der Waals surface area (Å²) in [6.07, 6.45) is 1.83. The maximum atomic E-state index is 5.96. The zero-order valence-corrected chi connectivity index (χ0v) is 10.5. The number of benzene rings is 1. The number of hydrogen-bond acceptors (Lipinski definition) is 3. The van der Waals surface area contributed by atoms with Crippen LogP contribution in [0.4, 0.5) is 17.2 Å². The molecule has 0 spiro atoms. The Morgan fingerprint density at radius 1 is 1.29 bits per heavy atom. The number of aromatic nitrogens is 2. The molecule has 2 aromatic rings. The number of nitrogen functional groups attached to an aromatic ring is 1. The molecule has 0 radical (unpaired) electrons. The van der Waals surface area contributed by atoms with Gasteiger partial charge in [-0.1, -0.05) is 17.7 Å². The second kappa shape index (κ2) is 4.49. The molecule has 0 bridgehead atoms. The number of aryl methyl sites for hydroxylation is 2. The van der Waals surface area contributed by atoms with E-state index in [1.54, 1.807) is 4.68 Å². The summed E-state index contributed by atoms with van der Waals surface area (Å²) in [6.45, 7) is 5.01. The zero-order chi connectivity index (χ0) is 12.4. The van der Waals surface area contributed by atoms with Crippen molar-refractivity contribution in [3.05, 3.63) is 36.0 Å². The van der Waals surface area contributed by atoms with Crippen LogP contribution in [0.2, 0.25) is 0 Å². The van der Waals surface area contributed by atoms with E-state index in [1.807, 2.05) is 13.2 Å². The molecular weight excluding hydrogens is 212 g/mol. The summed E-state index contributed by atoms with van der Waals surface area (Å²) in [7, 11) is 1.88. The van der Waals surface area contributed by atoms with E-state index >= 15 is 0 Å². The largest absolute Gasteiger partial charge is 0.394 e. The molecule has 0 fully saturated rings. The highest BCUT2D eigenvalue weighted by Crippen LogP contribution is 2.28. The van der Waals surface area contributed by atoms with Gasteiger partial charge in [-0.25, -0.2) is 0 Å². The van der Waals surface area contributed by atoms with Crippen LogP contribution in [0.15, 0.2) is 30.5 Å². The zero-order valence-electron chi connectivity index (χ0n) is 10.5. The van der Waals surface area contributed by atoms with Gasteiger partial charge in [-0.05, 0) is 26.0 Å².